The molecule has 17 heavy (non-hydrogen) atoms. The summed E-state index contributed by atoms with van der Waals surface area (Å²) in [5, 5.41) is 12.6. The highest BCUT2D eigenvalue weighted by Gasteiger charge is 2.04. The second-order valence-electron chi connectivity index (χ2n) is 3.63. The van der Waals surface area contributed by atoms with Gasteiger partial charge in [-0.05, 0) is 36.4 Å². The standard InChI is InChI=1S/C14H12FNO/c1-10(13-4-2-3-5-14(13)17)16-12-8-6-11(15)7-9-12/h2-9,16-17H,1H2. The molecule has 0 bridgehead atoms. The third-order valence-corrected chi connectivity index (χ3v) is 2.37. The number of hydrogen-bond acceptors (Lipinski definition) is 2. The van der Waals surface area contributed by atoms with E-state index in [4.69, 9.17) is 0 Å². The summed E-state index contributed by atoms with van der Waals surface area (Å²) < 4.78 is 12.7. The summed E-state index contributed by atoms with van der Waals surface area (Å²) in [6.07, 6.45) is 0. The number of benzene rings is 2. The first-order chi connectivity index (χ1) is 8.16. The molecule has 0 heterocycles. The summed E-state index contributed by atoms with van der Waals surface area (Å²) in [5.41, 5.74) is 1.91. The van der Waals surface area contributed by atoms with Crippen molar-refractivity contribution in [3.8, 4) is 5.75 Å². The van der Waals surface area contributed by atoms with Gasteiger partial charge in [0.25, 0.3) is 0 Å². The number of phenolic OH excluding ortho intramolecular Hbond substituents is 1. The van der Waals surface area contributed by atoms with E-state index in [-0.39, 0.29) is 11.6 Å². The van der Waals surface area contributed by atoms with Crippen molar-refractivity contribution < 1.29 is 9.50 Å². The van der Waals surface area contributed by atoms with Gasteiger partial charge in [-0.1, -0.05) is 18.7 Å². The first-order valence-electron chi connectivity index (χ1n) is 5.16. The maximum absolute atomic E-state index is 12.7. The quantitative estimate of drug-likeness (QED) is 0.842. The van der Waals surface area contributed by atoms with E-state index in [9.17, 15) is 9.50 Å². The van der Waals surface area contributed by atoms with Gasteiger partial charge in [-0.2, -0.15) is 0 Å². The molecule has 0 aliphatic carbocycles. The lowest BCUT2D eigenvalue weighted by Crippen LogP contribution is -1.97. The molecule has 2 aromatic carbocycles. The zero-order chi connectivity index (χ0) is 12.3. The van der Waals surface area contributed by atoms with Gasteiger partial charge >= 0.3 is 0 Å². The van der Waals surface area contributed by atoms with E-state index in [1.807, 2.05) is 6.07 Å². The molecule has 2 N–H and O–H groups in total. The molecular weight excluding hydrogens is 217 g/mol. The summed E-state index contributed by atoms with van der Waals surface area (Å²) in [6, 6.07) is 12.8. The Hall–Kier alpha value is -2.29. The largest absolute Gasteiger partial charge is 0.507 e. The molecular formula is C14H12FNO. The first-order valence-corrected chi connectivity index (χ1v) is 5.16. The second kappa shape index (κ2) is 4.70. The highest BCUT2D eigenvalue weighted by Crippen LogP contribution is 2.24. The van der Waals surface area contributed by atoms with Crippen molar-refractivity contribution >= 4 is 11.4 Å². The van der Waals surface area contributed by atoms with Crippen LogP contribution in [0, 0.1) is 5.82 Å². The van der Waals surface area contributed by atoms with Crippen molar-refractivity contribution in [3.63, 3.8) is 0 Å². The second-order valence-corrected chi connectivity index (χ2v) is 3.63. The van der Waals surface area contributed by atoms with Crippen molar-refractivity contribution in [2.24, 2.45) is 0 Å². The van der Waals surface area contributed by atoms with Crippen LogP contribution >= 0.6 is 0 Å². The fourth-order valence-corrected chi connectivity index (χ4v) is 1.50. The molecule has 0 saturated carbocycles. The zero-order valence-electron chi connectivity index (χ0n) is 9.15. The van der Waals surface area contributed by atoms with Crippen molar-refractivity contribution in [2.75, 3.05) is 5.32 Å². The Morgan fingerprint density at radius 3 is 2.35 bits per heavy atom. The molecule has 2 aromatic rings. The Labute approximate surface area is 99.0 Å². The summed E-state index contributed by atoms with van der Waals surface area (Å²) in [7, 11) is 0. The van der Waals surface area contributed by atoms with Gasteiger partial charge in [0.15, 0.2) is 0 Å². The summed E-state index contributed by atoms with van der Waals surface area (Å²) >= 11 is 0. The number of anilines is 1. The Kier molecular flexibility index (Phi) is 3.10. The molecule has 3 heteroatoms. The summed E-state index contributed by atoms with van der Waals surface area (Å²) in [4.78, 5) is 0. The smallest absolute Gasteiger partial charge is 0.124 e. The predicted molar refractivity (Wildman–Crippen MR) is 67.2 cm³/mol. The number of para-hydroxylation sites is 1. The summed E-state index contributed by atoms with van der Waals surface area (Å²) in [5.74, 6) is -0.129. The van der Waals surface area contributed by atoms with E-state index >= 15 is 0 Å². The predicted octanol–water partition coefficient (Wildman–Crippen LogP) is 3.61. The van der Waals surface area contributed by atoms with Crippen LogP contribution < -0.4 is 5.32 Å². The van der Waals surface area contributed by atoms with Crippen molar-refractivity contribution in [1.29, 1.82) is 0 Å². The number of rotatable bonds is 3. The molecule has 0 aliphatic heterocycles. The van der Waals surface area contributed by atoms with Crippen LogP contribution in [0.4, 0.5) is 10.1 Å². The summed E-state index contributed by atoms with van der Waals surface area (Å²) in [6.45, 7) is 3.84. The van der Waals surface area contributed by atoms with Crippen LogP contribution in [-0.2, 0) is 0 Å². The Bertz CT molecular complexity index is 534. The highest BCUT2D eigenvalue weighted by molar-refractivity contribution is 5.77. The Balaban J connectivity index is 2.17. The average molecular weight is 229 g/mol. The molecule has 0 spiro atoms. The van der Waals surface area contributed by atoms with Crippen LogP contribution in [0.5, 0.6) is 5.75 Å². The molecule has 0 aliphatic rings. The SMILES string of the molecule is C=C(Nc1ccc(F)cc1)c1ccccc1O. The van der Waals surface area contributed by atoms with Crippen LogP contribution in [-0.4, -0.2) is 5.11 Å². The van der Waals surface area contributed by atoms with Crippen LogP contribution in [0.3, 0.4) is 0 Å². The molecule has 0 atom stereocenters. The van der Waals surface area contributed by atoms with Crippen molar-refractivity contribution in [3.05, 3.63) is 66.5 Å². The minimum Gasteiger partial charge on any atom is -0.507 e. The maximum atomic E-state index is 12.7. The number of hydrogen-bond donors (Lipinski definition) is 2. The number of phenols is 1. The zero-order valence-corrected chi connectivity index (χ0v) is 9.15. The molecule has 0 radical (unpaired) electrons. The first kappa shape index (κ1) is 11.2. The van der Waals surface area contributed by atoms with Gasteiger partial charge in [-0.25, -0.2) is 4.39 Å². The lowest BCUT2D eigenvalue weighted by atomic mass is 10.1. The molecule has 0 fully saturated rings. The van der Waals surface area contributed by atoms with Crippen LogP contribution in [0.1, 0.15) is 5.56 Å². The molecule has 0 unspecified atom stereocenters. The molecule has 2 rings (SSSR count). The van der Waals surface area contributed by atoms with Gasteiger partial charge in [0, 0.05) is 16.9 Å². The molecule has 0 amide bonds. The van der Waals surface area contributed by atoms with Gasteiger partial charge in [0.05, 0.1) is 0 Å². The normalized spacial score (nSPS) is 9.94. The lowest BCUT2D eigenvalue weighted by molar-refractivity contribution is 0.473. The van der Waals surface area contributed by atoms with E-state index < -0.39 is 0 Å². The van der Waals surface area contributed by atoms with Gasteiger partial charge < -0.3 is 10.4 Å². The van der Waals surface area contributed by atoms with E-state index in [0.717, 1.165) is 5.69 Å². The minimum atomic E-state index is -0.288. The third kappa shape index (κ3) is 2.64. The Morgan fingerprint density at radius 2 is 1.71 bits per heavy atom. The molecule has 0 aromatic heterocycles. The fourth-order valence-electron chi connectivity index (χ4n) is 1.50. The van der Waals surface area contributed by atoms with Gasteiger partial charge in [0.1, 0.15) is 11.6 Å². The highest BCUT2D eigenvalue weighted by atomic mass is 19.1. The van der Waals surface area contributed by atoms with E-state index in [2.05, 4.69) is 11.9 Å². The van der Waals surface area contributed by atoms with E-state index in [1.54, 1.807) is 30.3 Å². The van der Waals surface area contributed by atoms with Crippen LogP contribution in [0.2, 0.25) is 0 Å². The van der Waals surface area contributed by atoms with Crippen LogP contribution in [0.15, 0.2) is 55.1 Å². The maximum Gasteiger partial charge on any atom is 0.124 e. The number of aromatic hydroxyl groups is 1. The molecule has 0 saturated heterocycles. The van der Waals surface area contributed by atoms with Crippen molar-refractivity contribution in [2.45, 2.75) is 0 Å². The fraction of sp³-hybridized carbons (Fsp3) is 0. The van der Waals surface area contributed by atoms with E-state index in [1.165, 1.54) is 12.1 Å². The minimum absolute atomic E-state index is 0.159. The monoisotopic (exact) mass is 229 g/mol. The average Bonchev–Trinajstić information content (AvgIpc) is 2.32. The van der Waals surface area contributed by atoms with Gasteiger partial charge in [-0.3, -0.25) is 0 Å². The lowest BCUT2D eigenvalue weighted by Gasteiger charge is -2.10. The molecule has 86 valence electrons. The van der Waals surface area contributed by atoms with Gasteiger partial charge in [-0.15, -0.1) is 0 Å². The third-order valence-electron chi connectivity index (χ3n) is 2.37. The number of halogens is 1. The number of nitrogens with one attached hydrogen (secondary N) is 1. The van der Waals surface area contributed by atoms with Gasteiger partial charge in [0.2, 0.25) is 0 Å². The molecule has 2 nitrogen and oxygen atoms in total. The van der Waals surface area contributed by atoms with Crippen LogP contribution in [0.25, 0.3) is 5.70 Å². The Morgan fingerprint density at radius 1 is 1.06 bits per heavy atom. The topological polar surface area (TPSA) is 32.3 Å². The van der Waals surface area contributed by atoms with Crippen molar-refractivity contribution in [1.82, 2.24) is 0 Å². The van der Waals surface area contributed by atoms with E-state index in [0.29, 0.717) is 11.3 Å².